The van der Waals surface area contributed by atoms with Gasteiger partial charge in [0.25, 0.3) is 0 Å². The molecule has 1 aliphatic rings. The van der Waals surface area contributed by atoms with E-state index in [1.165, 1.54) is 17.6 Å². The van der Waals surface area contributed by atoms with E-state index in [1.54, 1.807) is 40.9 Å². The lowest BCUT2D eigenvalue weighted by Crippen LogP contribution is -2.50. The molecule has 0 spiro atoms. The van der Waals surface area contributed by atoms with E-state index in [4.69, 9.17) is 9.47 Å². The van der Waals surface area contributed by atoms with Crippen LogP contribution in [0.2, 0.25) is 0 Å². The zero-order chi connectivity index (χ0) is 28.5. The number of nitrogens with zero attached hydrogens (tertiary/aromatic N) is 7. The second-order valence-corrected chi connectivity index (χ2v) is 9.93. The third kappa shape index (κ3) is 5.79. The number of hydrogen-bond donors (Lipinski definition) is 0. The van der Waals surface area contributed by atoms with Crippen LogP contribution in [0.4, 0.5) is 14.9 Å². The van der Waals surface area contributed by atoms with Gasteiger partial charge in [-0.25, -0.2) is 28.3 Å². The molecule has 1 amide bonds. The molecule has 11 nitrogen and oxygen atoms in total. The van der Waals surface area contributed by atoms with Crippen LogP contribution in [0, 0.1) is 12.7 Å². The highest BCUT2D eigenvalue weighted by Crippen LogP contribution is 2.30. The number of halogens is 1. The number of pyridine rings is 2. The number of aromatic nitrogens is 5. The number of ether oxygens (including phenoxy) is 2. The van der Waals surface area contributed by atoms with Gasteiger partial charge in [0.15, 0.2) is 17.3 Å². The summed E-state index contributed by atoms with van der Waals surface area (Å²) in [6.45, 7) is 13.2. The van der Waals surface area contributed by atoms with Crippen molar-refractivity contribution in [2.24, 2.45) is 0 Å². The van der Waals surface area contributed by atoms with E-state index in [-0.39, 0.29) is 17.6 Å². The van der Waals surface area contributed by atoms with Crippen molar-refractivity contribution < 1.29 is 18.7 Å². The van der Waals surface area contributed by atoms with Gasteiger partial charge in [-0.15, -0.1) is 0 Å². The molecule has 1 saturated heterocycles. The number of rotatable bonds is 3. The number of anilines is 1. The molecule has 5 heterocycles. The Morgan fingerprint density at radius 1 is 1.00 bits per heavy atom. The Kier molecular flexibility index (Phi) is 7.75. The molecule has 39 heavy (non-hydrogen) atoms. The predicted octanol–water partition coefficient (Wildman–Crippen LogP) is 3.94. The molecule has 0 aromatic carbocycles. The van der Waals surface area contributed by atoms with Gasteiger partial charge in [-0.1, -0.05) is 13.8 Å². The first-order chi connectivity index (χ1) is 18.5. The summed E-state index contributed by atoms with van der Waals surface area (Å²) in [4.78, 5) is 41.9. The average Bonchev–Trinajstić information content (AvgIpc) is 3.29. The highest BCUT2D eigenvalue weighted by atomic mass is 19.1. The third-order valence-corrected chi connectivity index (χ3v) is 6.02. The summed E-state index contributed by atoms with van der Waals surface area (Å²) in [5.74, 6) is 0.0763. The second-order valence-electron chi connectivity index (χ2n) is 9.93. The number of carbonyl (C=O) groups is 1. The molecule has 0 aliphatic carbocycles. The highest BCUT2D eigenvalue weighted by Gasteiger charge is 2.27. The molecule has 0 N–H and O–H groups in total. The van der Waals surface area contributed by atoms with Crippen molar-refractivity contribution in [2.75, 3.05) is 38.2 Å². The largest absolute Gasteiger partial charge is 0.494 e. The molecule has 0 unspecified atom stereocenters. The quantitative estimate of drug-likeness (QED) is 0.385. The summed E-state index contributed by atoms with van der Waals surface area (Å²) in [6, 6.07) is 2.92. The van der Waals surface area contributed by atoms with Crippen molar-refractivity contribution in [1.82, 2.24) is 28.7 Å². The topological polar surface area (TPSA) is 107 Å². The van der Waals surface area contributed by atoms with Crippen molar-refractivity contribution in [3.05, 3.63) is 52.7 Å². The van der Waals surface area contributed by atoms with E-state index < -0.39 is 17.1 Å². The van der Waals surface area contributed by atoms with Gasteiger partial charge in [0, 0.05) is 56.4 Å². The maximum Gasteiger partial charge on any atom is 0.410 e. The van der Waals surface area contributed by atoms with Crippen LogP contribution in [-0.4, -0.2) is 73.6 Å². The summed E-state index contributed by atoms with van der Waals surface area (Å²) in [6.07, 6.45) is 4.61. The van der Waals surface area contributed by atoms with E-state index in [0.717, 1.165) is 0 Å². The summed E-state index contributed by atoms with van der Waals surface area (Å²) in [7, 11) is 1.54. The van der Waals surface area contributed by atoms with Crippen molar-refractivity contribution in [3.63, 3.8) is 0 Å². The van der Waals surface area contributed by atoms with Gasteiger partial charge in [-0.05, 0) is 33.8 Å². The molecule has 0 saturated carbocycles. The lowest BCUT2D eigenvalue weighted by Gasteiger charge is -2.37. The molecular formula is C27H34FN7O4. The lowest BCUT2D eigenvalue weighted by molar-refractivity contribution is 0.0240. The maximum absolute atomic E-state index is 14.6. The fourth-order valence-electron chi connectivity index (χ4n) is 4.32. The van der Waals surface area contributed by atoms with Crippen LogP contribution in [0.15, 0.2) is 35.5 Å². The van der Waals surface area contributed by atoms with E-state index >= 15 is 0 Å². The van der Waals surface area contributed by atoms with Crippen molar-refractivity contribution in [1.29, 1.82) is 0 Å². The number of aryl methyl sites for hydroxylation is 1. The maximum atomic E-state index is 14.6. The van der Waals surface area contributed by atoms with Crippen LogP contribution < -0.4 is 15.3 Å². The Morgan fingerprint density at radius 2 is 1.69 bits per heavy atom. The average molecular weight is 540 g/mol. The zero-order valence-corrected chi connectivity index (χ0v) is 23.4. The molecule has 208 valence electrons. The van der Waals surface area contributed by atoms with Gasteiger partial charge in [0.1, 0.15) is 17.0 Å². The monoisotopic (exact) mass is 539 g/mol. The van der Waals surface area contributed by atoms with Crippen LogP contribution in [0.1, 0.15) is 40.3 Å². The van der Waals surface area contributed by atoms with Crippen molar-refractivity contribution in [2.45, 2.75) is 47.1 Å². The molecule has 0 radical (unpaired) electrons. The van der Waals surface area contributed by atoms with E-state index in [0.29, 0.717) is 54.5 Å². The summed E-state index contributed by atoms with van der Waals surface area (Å²) in [5.41, 5.74) is 1.08. The van der Waals surface area contributed by atoms with E-state index in [9.17, 15) is 14.0 Å². The van der Waals surface area contributed by atoms with Crippen LogP contribution in [0.25, 0.3) is 22.7 Å². The Bertz CT molecular complexity index is 1570. The van der Waals surface area contributed by atoms with Gasteiger partial charge in [0.2, 0.25) is 0 Å². The zero-order valence-electron chi connectivity index (χ0n) is 23.4. The normalized spacial score (nSPS) is 13.8. The van der Waals surface area contributed by atoms with Gasteiger partial charge in [-0.3, -0.25) is 0 Å². The molecule has 5 rings (SSSR count). The number of carbonyl (C=O) groups excluding carboxylic acids is 1. The Labute approximate surface area is 225 Å². The molecule has 1 fully saturated rings. The summed E-state index contributed by atoms with van der Waals surface area (Å²) < 4.78 is 28.6. The molecule has 0 atom stereocenters. The summed E-state index contributed by atoms with van der Waals surface area (Å²) in [5, 5.41) is 0. The van der Waals surface area contributed by atoms with Crippen LogP contribution in [0.3, 0.4) is 0 Å². The number of amides is 1. The standard InChI is InChI=1S/C25H28FN7O4.C2H6/c1-15-12-32-13-16(10-17(26)22(32)27-15)21-28-20-11-19(36-5)18(14-33(20)23(34)29-21)30-6-8-31(9-7-30)24(35)37-25(2,3)4;1-2/h10-14H,6-9H2,1-5H3;1-2H3. The van der Waals surface area contributed by atoms with Crippen LogP contribution in [0.5, 0.6) is 5.75 Å². The fraction of sp³-hybridized carbons (Fsp3) is 0.444. The van der Waals surface area contributed by atoms with E-state index in [2.05, 4.69) is 15.0 Å². The van der Waals surface area contributed by atoms with Crippen molar-refractivity contribution in [3.8, 4) is 17.1 Å². The predicted molar refractivity (Wildman–Crippen MR) is 146 cm³/mol. The van der Waals surface area contributed by atoms with E-state index in [1.807, 2.05) is 39.5 Å². The second kappa shape index (κ2) is 10.9. The molecule has 12 heteroatoms. The minimum atomic E-state index is -0.564. The minimum Gasteiger partial charge on any atom is -0.494 e. The number of hydrogen-bond acceptors (Lipinski definition) is 8. The smallest absolute Gasteiger partial charge is 0.410 e. The van der Waals surface area contributed by atoms with Gasteiger partial charge >= 0.3 is 11.8 Å². The Hall–Kier alpha value is -4.22. The molecule has 4 aromatic rings. The fourth-order valence-corrected chi connectivity index (χ4v) is 4.32. The lowest BCUT2D eigenvalue weighted by atomic mass is 10.2. The van der Waals surface area contributed by atoms with Crippen LogP contribution in [-0.2, 0) is 4.74 Å². The Morgan fingerprint density at radius 3 is 2.33 bits per heavy atom. The first-order valence-corrected chi connectivity index (χ1v) is 12.9. The molecule has 4 aromatic heterocycles. The molecular weight excluding hydrogens is 505 g/mol. The van der Waals surface area contributed by atoms with Gasteiger partial charge in [0.05, 0.1) is 18.5 Å². The van der Waals surface area contributed by atoms with Gasteiger partial charge in [-0.2, -0.15) is 4.98 Å². The molecule has 0 bridgehead atoms. The highest BCUT2D eigenvalue weighted by molar-refractivity contribution is 5.70. The summed E-state index contributed by atoms with van der Waals surface area (Å²) >= 11 is 0. The molecule has 1 aliphatic heterocycles. The number of methoxy groups -OCH3 is 1. The van der Waals surface area contributed by atoms with Gasteiger partial charge < -0.3 is 23.7 Å². The SMILES string of the molecule is CC.COc1cc2nc(-c3cc(F)c4nc(C)cn4c3)nc(=O)n2cc1N1CCN(C(=O)OC(C)(C)C)CC1. The van der Waals surface area contributed by atoms with Crippen LogP contribution >= 0.6 is 0 Å². The number of piperazine rings is 1. The first-order valence-electron chi connectivity index (χ1n) is 12.9. The minimum absolute atomic E-state index is 0.0953. The number of imidazole rings is 1. The first kappa shape index (κ1) is 27.8. The Balaban J connectivity index is 0.00000172. The van der Waals surface area contributed by atoms with Crippen molar-refractivity contribution >= 4 is 23.1 Å². The number of fused-ring (bicyclic) bond motifs is 2. The third-order valence-electron chi connectivity index (χ3n) is 6.02.